The van der Waals surface area contributed by atoms with E-state index in [9.17, 15) is 9.59 Å². The Labute approximate surface area is 149 Å². The molecule has 0 aliphatic rings. The van der Waals surface area contributed by atoms with Crippen molar-refractivity contribution in [2.75, 3.05) is 17.2 Å². The van der Waals surface area contributed by atoms with Crippen molar-refractivity contribution in [3.8, 4) is 5.75 Å². The molecule has 1 aromatic heterocycles. The molecule has 8 heteroatoms. The van der Waals surface area contributed by atoms with Crippen LogP contribution in [0.5, 0.6) is 5.75 Å². The number of thiazole rings is 1. The Morgan fingerprint density at radius 3 is 2.62 bits per heavy atom. The Hall–Kier alpha value is -2.12. The number of rotatable bonds is 5. The van der Waals surface area contributed by atoms with Crippen LogP contribution in [0.15, 0.2) is 24.4 Å². The molecule has 2 aromatic rings. The van der Waals surface area contributed by atoms with Crippen molar-refractivity contribution in [1.82, 2.24) is 4.98 Å². The minimum atomic E-state index is -0.823. The smallest absolute Gasteiger partial charge is 0.315 e. The number of aromatic nitrogens is 1. The standard InChI is InChI=1S/C16H18ClN3O3S/c1-9(2)8-23-12-6-10(3)4-5-11(12)19-14(21)15(22)20-16-18-7-13(17)24-16/h4-7,9H,8H2,1-3H3,(H,19,21)(H,18,20,22). The van der Waals surface area contributed by atoms with Crippen LogP contribution in [0.3, 0.4) is 0 Å². The van der Waals surface area contributed by atoms with E-state index in [0.717, 1.165) is 16.9 Å². The molecular weight excluding hydrogens is 350 g/mol. The van der Waals surface area contributed by atoms with Crippen molar-refractivity contribution in [2.45, 2.75) is 20.8 Å². The molecule has 0 unspecified atom stereocenters. The van der Waals surface area contributed by atoms with Crippen LogP contribution in [-0.4, -0.2) is 23.4 Å². The summed E-state index contributed by atoms with van der Waals surface area (Å²) in [5, 5.41) is 5.22. The first-order valence-electron chi connectivity index (χ1n) is 7.32. The van der Waals surface area contributed by atoms with Gasteiger partial charge in [0.15, 0.2) is 5.13 Å². The Morgan fingerprint density at radius 1 is 1.29 bits per heavy atom. The molecule has 0 fully saturated rings. The molecule has 0 saturated heterocycles. The fourth-order valence-electron chi connectivity index (χ4n) is 1.75. The van der Waals surface area contributed by atoms with Gasteiger partial charge in [-0.3, -0.25) is 14.9 Å². The van der Waals surface area contributed by atoms with E-state index in [2.05, 4.69) is 15.6 Å². The van der Waals surface area contributed by atoms with Crippen molar-refractivity contribution >= 4 is 45.6 Å². The first-order chi connectivity index (χ1) is 11.3. The summed E-state index contributed by atoms with van der Waals surface area (Å²) in [5.41, 5.74) is 1.44. The summed E-state index contributed by atoms with van der Waals surface area (Å²) >= 11 is 6.81. The molecule has 2 amide bonds. The maximum atomic E-state index is 12.1. The van der Waals surface area contributed by atoms with Crippen LogP contribution < -0.4 is 15.4 Å². The van der Waals surface area contributed by atoms with Gasteiger partial charge in [-0.05, 0) is 30.5 Å². The number of nitrogens with one attached hydrogen (secondary N) is 2. The lowest BCUT2D eigenvalue weighted by Gasteiger charge is -2.14. The predicted molar refractivity (Wildman–Crippen MR) is 95.9 cm³/mol. The van der Waals surface area contributed by atoms with Crippen LogP contribution in [0, 0.1) is 12.8 Å². The summed E-state index contributed by atoms with van der Waals surface area (Å²) in [4.78, 5) is 27.9. The minimum Gasteiger partial charge on any atom is -0.491 e. The van der Waals surface area contributed by atoms with Crippen LogP contribution >= 0.6 is 22.9 Å². The van der Waals surface area contributed by atoms with Gasteiger partial charge in [-0.15, -0.1) is 0 Å². The number of carbonyl (C=O) groups is 2. The first-order valence-corrected chi connectivity index (χ1v) is 8.51. The van der Waals surface area contributed by atoms with Gasteiger partial charge in [-0.2, -0.15) is 0 Å². The third-order valence-corrected chi connectivity index (χ3v) is 3.89. The van der Waals surface area contributed by atoms with Crippen LogP contribution in [0.25, 0.3) is 0 Å². The molecule has 0 aliphatic heterocycles. The zero-order valence-corrected chi connectivity index (χ0v) is 15.1. The van der Waals surface area contributed by atoms with E-state index in [1.165, 1.54) is 6.20 Å². The van der Waals surface area contributed by atoms with E-state index in [-0.39, 0.29) is 5.13 Å². The normalized spacial score (nSPS) is 10.5. The highest BCUT2D eigenvalue weighted by Gasteiger charge is 2.17. The van der Waals surface area contributed by atoms with Crippen molar-refractivity contribution in [1.29, 1.82) is 0 Å². The van der Waals surface area contributed by atoms with Gasteiger partial charge in [-0.1, -0.05) is 42.9 Å². The quantitative estimate of drug-likeness (QED) is 0.789. The maximum absolute atomic E-state index is 12.1. The summed E-state index contributed by atoms with van der Waals surface area (Å²) in [6, 6.07) is 5.35. The second kappa shape index (κ2) is 8.12. The van der Waals surface area contributed by atoms with Crippen LogP contribution in [0.2, 0.25) is 4.34 Å². The SMILES string of the molecule is Cc1ccc(NC(=O)C(=O)Nc2ncc(Cl)s2)c(OCC(C)C)c1. The highest BCUT2D eigenvalue weighted by atomic mass is 35.5. The Kier molecular flexibility index (Phi) is 6.16. The van der Waals surface area contributed by atoms with Gasteiger partial charge in [0.05, 0.1) is 18.5 Å². The molecule has 0 radical (unpaired) electrons. The number of anilines is 2. The average molecular weight is 368 g/mol. The van der Waals surface area contributed by atoms with Gasteiger partial charge in [0, 0.05) is 0 Å². The van der Waals surface area contributed by atoms with E-state index in [1.807, 2.05) is 32.9 Å². The van der Waals surface area contributed by atoms with Gasteiger partial charge in [0.2, 0.25) is 0 Å². The molecule has 0 bridgehead atoms. The van der Waals surface area contributed by atoms with Crippen molar-refractivity contribution in [3.05, 3.63) is 34.3 Å². The molecule has 0 spiro atoms. The number of hydrogen-bond donors (Lipinski definition) is 2. The van der Waals surface area contributed by atoms with E-state index in [1.54, 1.807) is 6.07 Å². The number of ether oxygens (including phenoxy) is 1. The molecule has 2 rings (SSSR count). The van der Waals surface area contributed by atoms with Crippen molar-refractivity contribution in [2.24, 2.45) is 5.92 Å². The minimum absolute atomic E-state index is 0.264. The lowest BCUT2D eigenvalue weighted by Crippen LogP contribution is -2.29. The fraction of sp³-hybridized carbons (Fsp3) is 0.312. The molecular formula is C16H18ClN3O3S. The zero-order valence-electron chi connectivity index (χ0n) is 13.6. The van der Waals surface area contributed by atoms with Crippen LogP contribution in [0.4, 0.5) is 10.8 Å². The van der Waals surface area contributed by atoms with E-state index >= 15 is 0 Å². The van der Waals surface area contributed by atoms with Gasteiger partial charge < -0.3 is 10.1 Å². The molecule has 128 valence electrons. The van der Waals surface area contributed by atoms with E-state index in [4.69, 9.17) is 16.3 Å². The zero-order chi connectivity index (χ0) is 17.7. The van der Waals surface area contributed by atoms with Crippen LogP contribution in [-0.2, 0) is 9.59 Å². The second-order valence-electron chi connectivity index (χ2n) is 5.58. The average Bonchev–Trinajstić information content (AvgIpc) is 2.92. The van der Waals surface area contributed by atoms with Gasteiger partial charge in [-0.25, -0.2) is 4.98 Å². The van der Waals surface area contributed by atoms with Crippen molar-refractivity contribution < 1.29 is 14.3 Å². The molecule has 2 N–H and O–H groups in total. The van der Waals surface area contributed by atoms with E-state index in [0.29, 0.717) is 28.3 Å². The maximum Gasteiger partial charge on any atom is 0.315 e. The van der Waals surface area contributed by atoms with Gasteiger partial charge in [0.25, 0.3) is 0 Å². The molecule has 1 heterocycles. The summed E-state index contributed by atoms with van der Waals surface area (Å²) in [6.07, 6.45) is 1.40. The summed E-state index contributed by atoms with van der Waals surface area (Å²) in [5.74, 6) is -0.759. The first kappa shape index (κ1) is 18.2. The Morgan fingerprint density at radius 2 is 2.00 bits per heavy atom. The summed E-state index contributed by atoms with van der Waals surface area (Å²) in [7, 11) is 0. The second-order valence-corrected chi connectivity index (χ2v) is 7.24. The van der Waals surface area contributed by atoms with Gasteiger partial charge >= 0.3 is 11.8 Å². The number of nitrogens with zero attached hydrogens (tertiary/aromatic N) is 1. The fourth-order valence-corrected chi connectivity index (χ4v) is 2.56. The third kappa shape index (κ3) is 5.21. The molecule has 0 saturated carbocycles. The lowest BCUT2D eigenvalue weighted by molar-refractivity contribution is -0.133. The topological polar surface area (TPSA) is 80.3 Å². The van der Waals surface area contributed by atoms with E-state index < -0.39 is 11.8 Å². The molecule has 0 aliphatic carbocycles. The Balaban J connectivity index is 2.05. The molecule has 1 aromatic carbocycles. The number of aryl methyl sites for hydroxylation is 1. The highest BCUT2D eigenvalue weighted by Crippen LogP contribution is 2.26. The van der Waals surface area contributed by atoms with Crippen LogP contribution in [0.1, 0.15) is 19.4 Å². The van der Waals surface area contributed by atoms with Gasteiger partial charge in [0.1, 0.15) is 10.1 Å². The molecule has 6 nitrogen and oxygen atoms in total. The number of benzene rings is 1. The largest absolute Gasteiger partial charge is 0.491 e. The number of hydrogen-bond acceptors (Lipinski definition) is 5. The number of halogens is 1. The summed E-state index contributed by atoms with van der Waals surface area (Å²) < 4.78 is 6.13. The predicted octanol–water partition coefficient (Wildman–Crippen LogP) is 3.72. The third-order valence-electron chi connectivity index (χ3n) is 2.86. The monoisotopic (exact) mass is 367 g/mol. The Bertz CT molecular complexity index is 746. The number of carbonyl (C=O) groups excluding carboxylic acids is 2. The lowest BCUT2D eigenvalue weighted by atomic mass is 10.2. The number of amides is 2. The molecule has 24 heavy (non-hydrogen) atoms. The highest BCUT2D eigenvalue weighted by molar-refractivity contribution is 7.19. The molecule has 0 atom stereocenters. The van der Waals surface area contributed by atoms with Crippen molar-refractivity contribution in [3.63, 3.8) is 0 Å². The summed E-state index contributed by atoms with van der Waals surface area (Å²) in [6.45, 7) is 6.49.